The second-order valence-electron chi connectivity index (χ2n) is 5.89. The molecule has 1 amide bonds. The topological polar surface area (TPSA) is 59.4 Å². The van der Waals surface area contributed by atoms with Crippen LogP contribution in [-0.2, 0) is 22.2 Å². The molecule has 2 aliphatic heterocycles. The maximum atomic E-state index is 12.5. The monoisotopic (exact) mass is 278 g/mol. The molecule has 2 fully saturated rings. The highest BCUT2D eigenvalue weighted by molar-refractivity contribution is 5.82. The summed E-state index contributed by atoms with van der Waals surface area (Å²) in [6, 6.07) is -0.00810. The van der Waals surface area contributed by atoms with E-state index < -0.39 is 5.60 Å². The molecule has 2 saturated heterocycles. The van der Waals surface area contributed by atoms with Crippen molar-refractivity contribution in [1.82, 2.24) is 20.0 Å². The smallest absolute Gasteiger partial charge is 0.239 e. The third kappa shape index (κ3) is 2.45. The van der Waals surface area contributed by atoms with Crippen LogP contribution in [-0.4, -0.2) is 52.9 Å². The fourth-order valence-electron chi connectivity index (χ4n) is 3.04. The number of nitrogens with zero attached hydrogens (tertiary/aromatic N) is 3. The number of hydrogen-bond donors (Lipinski definition) is 1. The molecule has 0 spiro atoms. The van der Waals surface area contributed by atoms with Crippen LogP contribution in [0.25, 0.3) is 0 Å². The van der Waals surface area contributed by atoms with Crippen molar-refractivity contribution in [3.63, 3.8) is 0 Å². The van der Waals surface area contributed by atoms with Crippen LogP contribution in [0, 0.1) is 0 Å². The first kappa shape index (κ1) is 13.6. The zero-order chi connectivity index (χ0) is 14.2. The van der Waals surface area contributed by atoms with Crippen LogP contribution >= 0.6 is 0 Å². The Morgan fingerprint density at radius 2 is 2.45 bits per heavy atom. The van der Waals surface area contributed by atoms with Gasteiger partial charge in [0.1, 0.15) is 5.60 Å². The fourth-order valence-corrected chi connectivity index (χ4v) is 3.04. The number of rotatable bonds is 2. The summed E-state index contributed by atoms with van der Waals surface area (Å²) in [5, 5.41) is 7.48. The van der Waals surface area contributed by atoms with Gasteiger partial charge in [-0.15, -0.1) is 0 Å². The minimum absolute atomic E-state index is 0.00810. The molecule has 110 valence electrons. The normalized spacial score (nSPS) is 30.7. The highest BCUT2D eigenvalue weighted by Crippen LogP contribution is 2.29. The molecule has 0 unspecified atom stereocenters. The fraction of sp³-hybridized carbons (Fsp3) is 0.714. The molecule has 0 saturated carbocycles. The highest BCUT2D eigenvalue weighted by atomic mass is 16.5. The maximum absolute atomic E-state index is 12.5. The zero-order valence-corrected chi connectivity index (χ0v) is 12.1. The molecule has 1 aromatic rings. The van der Waals surface area contributed by atoms with Gasteiger partial charge in [0.15, 0.2) is 0 Å². The summed E-state index contributed by atoms with van der Waals surface area (Å²) in [6.07, 6.45) is 5.81. The van der Waals surface area contributed by atoms with Crippen molar-refractivity contribution in [3.05, 3.63) is 18.0 Å². The van der Waals surface area contributed by atoms with E-state index in [1.165, 1.54) is 0 Å². The molecule has 0 aliphatic carbocycles. The average molecular weight is 278 g/mol. The Bertz CT molecular complexity index is 495. The Morgan fingerprint density at radius 1 is 1.60 bits per heavy atom. The number of aryl methyl sites for hydroxylation is 1. The number of morpholine rings is 1. The average Bonchev–Trinajstić information content (AvgIpc) is 3.09. The molecule has 2 atom stereocenters. The summed E-state index contributed by atoms with van der Waals surface area (Å²) in [7, 11) is 1.89. The number of amides is 1. The SMILES string of the molecule is Cn1cc([C@]2(C)CN(C(=O)[C@@H]3CCCN3)CCO2)cn1. The Hall–Kier alpha value is -1.40. The molecule has 1 N–H and O–H groups in total. The van der Waals surface area contributed by atoms with E-state index in [-0.39, 0.29) is 11.9 Å². The van der Waals surface area contributed by atoms with Gasteiger partial charge in [-0.25, -0.2) is 0 Å². The second-order valence-corrected chi connectivity index (χ2v) is 5.89. The number of aromatic nitrogens is 2. The molecule has 1 aromatic heterocycles. The lowest BCUT2D eigenvalue weighted by Crippen LogP contribution is -2.54. The van der Waals surface area contributed by atoms with Crippen LogP contribution in [0.4, 0.5) is 0 Å². The standard InChI is InChI=1S/C14H22N4O2/c1-14(11-8-16-17(2)9-11)10-18(6-7-20-14)13(19)12-4-3-5-15-12/h8-9,12,15H,3-7,10H2,1-2H3/t12-,14-/m0/s1. The van der Waals surface area contributed by atoms with Crippen molar-refractivity contribution in [1.29, 1.82) is 0 Å². The molecule has 6 heteroatoms. The molecule has 6 nitrogen and oxygen atoms in total. The molecule has 3 rings (SSSR count). The zero-order valence-electron chi connectivity index (χ0n) is 12.1. The van der Waals surface area contributed by atoms with Gasteiger partial charge in [0, 0.05) is 25.4 Å². The molecule has 0 aromatic carbocycles. The van der Waals surface area contributed by atoms with Crippen molar-refractivity contribution >= 4 is 5.91 Å². The lowest BCUT2D eigenvalue weighted by Gasteiger charge is -2.40. The summed E-state index contributed by atoms with van der Waals surface area (Å²) in [5.74, 6) is 0.209. The van der Waals surface area contributed by atoms with Gasteiger partial charge in [0.2, 0.25) is 5.91 Å². The second kappa shape index (κ2) is 5.18. The van der Waals surface area contributed by atoms with Crippen molar-refractivity contribution in [2.24, 2.45) is 7.05 Å². The van der Waals surface area contributed by atoms with Crippen LogP contribution in [0.2, 0.25) is 0 Å². The van der Waals surface area contributed by atoms with Crippen LogP contribution in [0.3, 0.4) is 0 Å². The first-order valence-corrected chi connectivity index (χ1v) is 7.24. The van der Waals surface area contributed by atoms with E-state index in [4.69, 9.17) is 4.74 Å². The summed E-state index contributed by atoms with van der Waals surface area (Å²) < 4.78 is 7.71. The van der Waals surface area contributed by atoms with Crippen molar-refractivity contribution < 1.29 is 9.53 Å². The van der Waals surface area contributed by atoms with Gasteiger partial charge in [-0.05, 0) is 26.3 Å². The summed E-state index contributed by atoms with van der Waals surface area (Å²) in [6.45, 7) is 4.82. The van der Waals surface area contributed by atoms with Crippen LogP contribution in [0.15, 0.2) is 12.4 Å². The molecule has 0 radical (unpaired) electrons. The quantitative estimate of drug-likeness (QED) is 0.842. The van der Waals surface area contributed by atoms with Crippen LogP contribution in [0.1, 0.15) is 25.3 Å². The molecular weight excluding hydrogens is 256 g/mol. The number of hydrogen-bond acceptors (Lipinski definition) is 4. The van der Waals surface area contributed by atoms with E-state index in [2.05, 4.69) is 10.4 Å². The Balaban J connectivity index is 1.74. The van der Waals surface area contributed by atoms with E-state index >= 15 is 0 Å². The minimum atomic E-state index is -0.458. The summed E-state index contributed by atoms with van der Waals surface area (Å²) in [5.41, 5.74) is 0.567. The molecular formula is C14H22N4O2. The number of carbonyl (C=O) groups excluding carboxylic acids is 1. The molecule has 0 bridgehead atoms. The van der Waals surface area contributed by atoms with E-state index in [9.17, 15) is 4.79 Å². The van der Waals surface area contributed by atoms with Gasteiger partial charge in [0.05, 0.1) is 25.4 Å². The van der Waals surface area contributed by atoms with Gasteiger partial charge in [-0.2, -0.15) is 5.10 Å². The van der Waals surface area contributed by atoms with Gasteiger partial charge < -0.3 is 15.0 Å². The van der Waals surface area contributed by atoms with Crippen molar-refractivity contribution in [3.8, 4) is 0 Å². The predicted octanol–water partition coefficient (Wildman–Crippen LogP) is 0.246. The van der Waals surface area contributed by atoms with E-state index in [0.717, 1.165) is 24.9 Å². The number of nitrogens with one attached hydrogen (secondary N) is 1. The van der Waals surface area contributed by atoms with E-state index in [0.29, 0.717) is 19.7 Å². The minimum Gasteiger partial charge on any atom is -0.367 e. The first-order valence-electron chi connectivity index (χ1n) is 7.24. The van der Waals surface area contributed by atoms with Gasteiger partial charge in [-0.1, -0.05) is 0 Å². The third-order valence-corrected chi connectivity index (χ3v) is 4.26. The highest BCUT2D eigenvalue weighted by Gasteiger charge is 2.38. The maximum Gasteiger partial charge on any atom is 0.239 e. The molecule has 2 aliphatic rings. The first-order chi connectivity index (χ1) is 9.58. The summed E-state index contributed by atoms with van der Waals surface area (Å²) in [4.78, 5) is 14.4. The third-order valence-electron chi connectivity index (χ3n) is 4.26. The Kier molecular flexibility index (Phi) is 3.52. The Morgan fingerprint density at radius 3 is 3.10 bits per heavy atom. The van der Waals surface area contributed by atoms with Gasteiger partial charge >= 0.3 is 0 Å². The predicted molar refractivity (Wildman–Crippen MR) is 74.1 cm³/mol. The number of carbonyl (C=O) groups is 1. The Labute approximate surface area is 119 Å². The van der Waals surface area contributed by atoms with Crippen LogP contribution < -0.4 is 5.32 Å². The number of ether oxygens (including phenoxy) is 1. The van der Waals surface area contributed by atoms with Crippen LogP contribution in [0.5, 0.6) is 0 Å². The van der Waals surface area contributed by atoms with E-state index in [1.54, 1.807) is 4.68 Å². The lowest BCUT2D eigenvalue weighted by molar-refractivity contribution is -0.151. The lowest BCUT2D eigenvalue weighted by atomic mass is 9.96. The summed E-state index contributed by atoms with van der Waals surface area (Å²) >= 11 is 0. The van der Waals surface area contributed by atoms with Gasteiger partial charge in [0.25, 0.3) is 0 Å². The molecule has 3 heterocycles. The largest absolute Gasteiger partial charge is 0.367 e. The van der Waals surface area contributed by atoms with E-state index in [1.807, 2.05) is 31.3 Å². The molecule has 20 heavy (non-hydrogen) atoms. The van der Waals surface area contributed by atoms with Gasteiger partial charge in [-0.3, -0.25) is 9.48 Å². The van der Waals surface area contributed by atoms with Crippen molar-refractivity contribution in [2.75, 3.05) is 26.2 Å². The van der Waals surface area contributed by atoms with Crippen molar-refractivity contribution in [2.45, 2.75) is 31.4 Å².